The highest BCUT2D eigenvalue weighted by Gasteiger charge is 2.19. The highest BCUT2D eigenvalue weighted by Crippen LogP contribution is 2.35. The van der Waals surface area contributed by atoms with Gasteiger partial charge in [-0.2, -0.15) is 10.2 Å². The first-order valence-corrected chi connectivity index (χ1v) is 12.6. The summed E-state index contributed by atoms with van der Waals surface area (Å²) in [7, 11) is 0. The van der Waals surface area contributed by atoms with Gasteiger partial charge in [0.25, 0.3) is 0 Å². The van der Waals surface area contributed by atoms with Crippen molar-refractivity contribution in [1.82, 2.24) is 39.7 Å². The van der Waals surface area contributed by atoms with Crippen LogP contribution < -0.4 is 16.0 Å². The molecular formula is C28H26N10. The zero-order valence-corrected chi connectivity index (χ0v) is 20.7. The number of fused-ring (bicyclic) bond motifs is 2. The zero-order chi connectivity index (χ0) is 25.5. The van der Waals surface area contributed by atoms with E-state index in [1.807, 2.05) is 39.8 Å². The molecule has 0 radical (unpaired) electrons. The molecule has 0 amide bonds. The molecule has 0 unspecified atom stereocenters. The molecule has 0 aliphatic carbocycles. The van der Waals surface area contributed by atoms with Gasteiger partial charge in [0, 0.05) is 61.3 Å². The van der Waals surface area contributed by atoms with Crippen LogP contribution in [0.5, 0.6) is 0 Å². The van der Waals surface area contributed by atoms with E-state index in [0.717, 1.165) is 77.5 Å². The average molecular weight is 503 g/mol. The number of piperazine rings is 1. The van der Waals surface area contributed by atoms with E-state index in [2.05, 4.69) is 72.9 Å². The fourth-order valence-corrected chi connectivity index (χ4v) is 5.06. The summed E-state index contributed by atoms with van der Waals surface area (Å²) in [6.07, 6.45) is 7.25. The third-order valence-corrected chi connectivity index (χ3v) is 6.97. The number of benzene rings is 2. The van der Waals surface area contributed by atoms with Crippen LogP contribution in [-0.2, 0) is 6.54 Å². The van der Waals surface area contributed by atoms with Crippen LogP contribution in [-0.4, -0.2) is 60.5 Å². The highest BCUT2D eigenvalue weighted by molar-refractivity contribution is 5.94. The second-order valence-corrected chi connectivity index (χ2v) is 9.44. The first-order chi connectivity index (χ1) is 18.7. The Bertz CT molecular complexity index is 1730. The van der Waals surface area contributed by atoms with Crippen LogP contribution in [0, 0.1) is 0 Å². The van der Waals surface area contributed by atoms with Crippen LogP contribution in [0.15, 0.2) is 79.5 Å². The zero-order valence-electron chi connectivity index (χ0n) is 20.7. The molecule has 10 nitrogen and oxygen atoms in total. The Labute approximate surface area is 218 Å². The molecule has 0 spiro atoms. The van der Waals surface area contributed by atoms with E-state index < -0.39 is 0 Å². The lowest BCUT2D eigenvalue weighted by atomic mass is 10.0. The van der Waals surface area contributed by atoms with Crippen molar-refractivity contribution in [1.29, 1.82) is 0 Å². The quantitative estimate of drug-likeness (QED) is 0.369. The van der Waals surface area contributed by atoms with Crippen molar-refractivity contribution in [3.63, 3.8) is 0 Å². The average Bonchev–Trinajstić information content (AvgIpc) is 3.56. The van der Waals surface area contributed by atoms with Crippen molar-refractivity contribution >= 4 is 28.2 Å². The van der Waals surface area contributed by atoms with Crippen molar-refractivity contribution in [3.8, 4) is 22.4 Å². The molecule has 0 saturated carbocycles. The summed E-state index contributed by atoms with van der Waals surface area (Å²) in [4.78, 5) is 15.8. The lowest BCUT2D eigenvalue weighted by Gasteiger charge is -2.27. The van der Waals surface area contributed by atoms with Gasteiger partial charge in [0.2, 0.25) is 5.95 Å². The number of anilines is 2. The van der Waals surface area contributed by atoms with Crippen molar-refractivity contribution < 1.29 is 0 Å². The van der Waals surface area contributed by atoms with E-state index >= 15 is 0 Å². The normalized spacial score (nSPS) is 13.9. The minimum absolute atomic E-state index is 0.411. The van der Waals surface area contributed by atoms with Crippen molar-refractivity contribution in [3.05, 3.63) is 85.1 Å². The molecule has 7 rings (SSSR count). The lowest BCUT2D eigenvalue weighted by Crippen LogP contribution is -2.44. The second kappa shape index (κ2) is 9.24. The number of nitrogens with zero attached hydrogens (tertiary/aromatic N) is 8. The standard InChI is InChI=1S/C28H26N10/c29-27-26-23(20-6-7-21-17-37(35-24(21)12-20)16-19-4-2-1-3-5-19)13-25(38(26)34-18-33-27)22-14-31-28(32-15-22)36-10-8-30-9-11-36/h1-7,12-15,17-18,30H,8-11,16H2,(H2,29,33,34). The van der Waals surface area contributed by atoms with Gasteiger partial charge in [-0.1, -0.05) is 42.5 Å². The minimum atomic E-state index is 0.411. The molecule has 0 atom stereocenters. The number of rotatable bonds is 5. The van der Waals surface area contributed by atoms with E-state index in [-0.39, 0.29) is 0 Å². The van der Waals surface area contributed by atoms with Gasteiger partial charge in [-0.3, -0.25) is 4.68 Å². The Kier molecular flexibility index (Phi) is 5.44. The molecule has 2 aromatic carbocycles. The van der Waals surface area contributed by atoms with Gasteiger partial charge in [-0.15, -0.1) is 0 Å². The molecule has 1 fully saturated rings. The molecule has 3 N–H and O–H groups in total. The Balaban J connectivity index is 1.27. The fraction of sp³-hybridized carbons (Fsp3) is 0.179. The Morgan fingerprint density at radius 3 is 2.53 bits per heavy atom. The van der Waals surface area contributed by atoms with Gasteiger partial charge in [-0.05, 0) is 23.3 Å². The van der Waals surface area contributed by atoms with Gasteiger partial charge in [0.15, 0.2) is 5.82 Å². The third-order valence-electron chi connectivity index (χ3n) is 6.97. The van der Waals surface area contributed by atoms with Gasteiger partial charge in [0.1, 0.15) is 11.8 Å². The Morgan fingerprint density at radius 1 is 0.895 bits per heavy atom. The maximum absolute atomic E-state index is 6.37. The number of nitrogens with two attached hydrogens (primary N) is 1. The van der Waals surface area contributed by atoms with Crippen LogP contribution in [0.25, 0.3) is 38.8 Å². The van der Waals surface area contributed by atoms with Crippen molar-refractivity contribution in [2.24, 2.45) is 0 Å². The second-order valence-electron chi connectivity index (χ2n) is 9.44. The van der Waals surface area contributed by atoms with Crippen molar-refractivity contribution in [2.45, 2.75) is 6.54 Å². The highest BCUT2D eigenvalue weighted by atomic mass is 15.3. The van der Waals surface area contributed by atoms with Gasteiger partial charge < -0.3 is 16.0 Å². The maximum Gasteiger partial charge on any atom is 0.225 e. The summed E-state index contributed by atoms with van der Waals surface area (Å²) in [6, 6.07) is 18.7. The van der Waals surface area contributed by atoms with Gasteiger partial charge in [-0.25, -0.2) is 19.5 Å². The van der Waals surface area contributed by atoms with Gasteiger partial charge >= 0.3 is 0 Å². The van der Waals surface area contributed by atoms with Crippen molar-refractivity contribution in [2.75, 3.05) is 36.8 Å². The number of aromatic nitrogens is 7. The summed E-state index contributed by atoms with van der Waals surface area (Å²) in [5.41, 5.74) is 12.9. The van der Waals surface area contributed by atoms with Crippen LogP contribution >= 0.6 is 0 Å². The Morgan fingerprint density at radius 2 is 1.71 bits per heavy atom. The van der Waals surface area contributed by atoms with Crippen LogP contribution in [0.4, 0.5) is 11.8 Å². The maximum atomic E-state index is 6.37. The summed E-state index contributed by atoms with van der Waals surface area (Å²) < 4.78 is 3.79. The molecule has 4 aromatic heterocycles. The lowest BCUT2D eigenvalue weighted by molar-refractivity contribution is 0.580. The van der Waals surface area contributed by atoms with E-state index in [1.54, 1.807) is 0 Å². The molecule has 188 valence electrons. The smallest absolute Gasteiger partial charge is 0.225 e. The van der Waals surface area contributed by atoms with E-state index in [1.165, 1.54) is 11.9 Å². The first kappa shape index (κ1) is 22.4. The van der Waals surface area contributed by atoms with Crippen LogP contribution in [0.1, 0.15) is 5.56 Å². The molecule has 10 heteroatoms. The fourth-order valence-electron chi connectivity index (χ4n) is 5.06. The summed E-state index contributed by atoms with van der Waals surface area (Å²) in [5.74, 6) is 1.15. The minimum Gasteiger partial charge on any atom is -0.382 e. The summed E-state index contributed by atoms with van der Waals surface area (Å²) in [5, 5.41) is 13.8. The third kappa shape index (κ3) is 4.00. The first-order valence-electron chi connectivity index (χ1n) is 12.6. The monoisotopic (exact) mass is 502 g/mol. The molecule has 1 aliphatic rings. The van der Waals surface area contributed by atoms with Crippen LogP contribution in [0.2, 0.25) is 0 Å². The molecule has 38 heavy (non-hydrogen) atoms. The topological polar surface area (TPSA) is 115 Å². The van der Waals surface area contributed by atoms with E-state index in [0.29, 0.717) is 5.82 Å². The summed E-state index contributed by atoms with van der Waals surface area (Å²) >= 11 is 0. The van der Waals surface area contributed by atoms with Gasteiger partial charge in [0.05, 0.1) is 17.8 Å². The summed E-state index contributed by atoms with van der Waals surface area (Å²) in [6.45, 7) is 4.37. The SMILES string of the molecule is Nc1ncnn2c(-c3cnc(N4CCNCC4)nc3)cc(-c3ccc4cn(Cc5ccccc5)nc4c3)c12. The molecular weight excluding hydrogens is 476 g/mol. The molecule has 0 bridgehead atoms. The van der Waals surface area contributed by atoms with Crippen LogP contribution in [0.3, 0.4) is 0 Å². The number of nitrogen functional groups attached to an aromatic ring is 1. The Hall–Kier alpha value is -4.83. The molecule has 6 aromatic rings. The largest absolute Gasteiger partial charge is 0.382 e. The molecule has 1 saturated heterocycles. The predicted octanol–water partition coefficient (Wildman–Crippen LogP) is 3.24. The van der Waals surface area contributed by atoms with E-state index in [4.69, 9.17) is 10.8 Å². The number of hydrogen-bond acceptors (Lipinski definition) is 8. The van der Waals surface area contributed by atoms with E-state index in [9.17, 15) is 0 Å². The molecule has 1 aliphatic heterocycles. The molecule has 5 heterocycles. The number of hydrogen-bond donors (Lipinski definition) is 2. The number of nitrogens with one attached hydrogen (secondary N) is 1. The predicted molar refractivity (Wildman–Crippen MR) is 148 cm³/mol.